The van der Waals surface area contributed by atoms with Crippen LogP contribution in [0.2, 0.25) is 0 Å². The number of ketones is 1. The van der Waals surface area contributed by atoms with Crippen molar-refractivity contribution >= 4 is 17.9 Å². The minimum absolute atomic E-state index is 0.0840. The van der Waals surface area contributed by atoms with Gasteiger partial charge in [0.05, 0.1) is 18.8 Å². The van der Waals surface area contributed by atoms with Crippen molar-refractivity contribution in [3.05, 3.63) is 12.2 Å². The van der Waals surface area contributed by atoms with Gasteiger partial charge in [-0.25, -0.2) is 4.79 Å². The number of ether oxygens (including phenoxy) is 3. The third-order valence-electron chi connectivity index (χ3n) is 6.65. The van der Waals surface area contributed by atoms with Gasteiger partial charge in [-0.2, -0.15) is 0 Å². The fourth-order valence-electron chi connectivity index (χ4n) is 4.48. The number of unbranched alkanes of at least 4 members (excludes halogenated alkanes) is 8. The number of esters is 1. The summed E-state index contributed by atoms with van der Waals surface area (Å²) in [5.41, 5.74) is 0. The van der Waals surface area contributed by atoms with Gasteiger partial charge in [0.15, 0.2) is 0 Å². The van der Waals surface area contributed by atoms with E-state index in [9.17, 15) is 24.6 Å². The van der Waals surface area contributed by atoms with Crippen LogP contribution in [0, 0.1) is 11.8 Å². The molecule has 4 atom stereocenters. The summed E-state index contributed by atoms with van der Waals surface area (Å²) in [6.07, 6.45) is 13.6. The fourth-order valence-corrected chi connectivity index (χ4v) is 4.48. The minimum atomic E-state index is -0.829. The molecule has 0 unspecified atom stereocenters. The van der Waals surface area contributed by atoms with Gasteiger partial charge in [0.25, 0.3) is 0 Å². The molecule has 0 aromatic heterocycles. The minimum Gasteiger partial charge on any atom is -0.434 e. The first kappa shape index (κ1) is 32.1. The third kappa shape index (κ3) is 14.6. The lowest BCUT2D eigenvalue weighted by atomic mass is 9.88. The van der Waals surface area contributed by atoms with Crippen LogP contribution >= 0.6 is 0 Å². The molecule has 0 amide bonds. The zero-order valence-electron chi connectivity index (χ0n) is 22.3. The lowest BCUT2D eigenvalue weighted by Gasteiger charge is -2.18. The smallest absolute Gasteiger partial charge is 0.434 e. The molecule has 0 spiro atoms. The number of aliphatic hydroxyl groups is 2. The Morgan fingerprint density at radius 3 is 2.39 bits per heavy atom. The monoisotopic (exact) mass is 512 g/mol. The van der Waals surface area contributed by atoms with E-state index in [2.05, 4.69) is 13.8 Å². The van der Waals surface area contributed by atoms with E-state index >= 15 is 0 Å². The van der Waals surface area contributed by atoms with E-state index in [1.54, 1.807) is 6.08 Å². The Hall–Kier alpha value is -1.93. The molecule has 0 heterocycles. The molecule has 0 aliphatic heterocycles. The summed E-state index contributed by atoms with van der Waals surface area (Å²) >= 11 is 0. The molecule has 8 nitrogen and oxygen atoms in total. The number of hydrogen-bond donors (Lipinski definition) is 2. The van der Waals surface area contributed by atoms with E-state index in [1.165, 1.54) is 0 Å². The Morgan fingerprint density at radius 1 is 0.944 bits per heavy atom. The molecular weight excluding hydrogens is 464 g/mol. The van der Waals surface area contributed by atoms with Crippen molar-refractivity contribution in [1.29, 1.82) is 0 Å². The first-order chi connectivity index (χ1) is 17.4. The van der Waals surface area contributed by atoms with Crippen molar-refractivity contribution in [2.24, 2.45) is 11.8 Å². The predicted molar refractivity (Wildman–Crippen MR) is 137 cm³/mol. The van der Waals surface area contributed by atoms with E-state index in [0.29, 0.717) is 25.9 Å². The van der Waals surface area contributed by atoms with Crippen molar-refractivity contribution in [2.45, 2.75) is 122 Å². The standard InChI is InChI=1S/C28H48O8/c1-3-5-7-13-19-34-28(33)36-21-35-27(32)16-12-9-8-11-15-23-24(26(31)20-25(23)30)18-17-22(29)14-10-6-4-2/h17-18,22-24,26,29,31H,3-16,19-21H2,1-2H3/b18-17+/t22-,23+,24+,26+/m0/s1. The maximum atomic E-state index is 12.3. The molecule has 1 aliphatic carbocycles. The zero-order chi connectivity index (χ0) is 26.6. The van der Waals surface area contributed by atoms with Gasteiger partial charge in [-0.3, -0.25) is 9.59 Å². The van der Waals surface area contributed by atoms with Crippen LogP contribution in [0.4, 0.5) is 4.79 Å². The van der Waals surface area contributed by atoms with Crippen LogP contribution in [-0.2, 0) is 23.8 Å². The molecule has 0 radical (unpaired) electrons. The summed E-state index contributed by atoms with van der Waals surface area (Å²) in [6.45, 7) is 4.08. The van der Waals surface area contributed by atoms with Crippen molar-refractivity contribution in [1.82, 2.24) is 0 Å². The van der Waals surface area contributed by atoms with Gasteiger partial charge in [-0.15, -0.1) is 0 Å². The summed E-state index contributed by atoms with van der Waals surface area (Å²) in [5, 5.41) is 20.4. The Morgan fingerprint density at radius 2 is 1.64 bits per heavy atom. The van der Waals surface area contributed by atoms with Crippen LogP contribution in [0.5, 0.6) is 0 Å². The second-order valence-corrected chi connectivity index (χ2v) is 9.76. The quantitative estimate of drug-likeness (QED) is 0.0933. The second kappa shape index (κ2) is 20.2. The van der Waals surface area contributed by atoms with Crippen molar-refractivity contribution in [3.63, 3.8) is 0 Å². The number of carbonyl (C=O) groups is 3. The Balaban J connectivity index is 2.15. The van der Waals surface area contributed by atoms with Gasteiger partial charge >= 0.3 is 12.1 Å². The molecular formula is C28H48O8. The van der Waals surface area contributed by atoms with Gasteiger partial charge in [0.2, 0.25) is 6.79 Å². The second-order valence-electron chi connectivity index (χ2n) is 9.76. The summed E-state index contributed by atoms with van der Waals surface area (Å²) < 4.78 is 14.5. The summed E-state index contributed by atoms with van der Waals surface area (Å²) in [4.78, 5) is 35.5. The summed E-state index contributed by atoms with van der Waals surface area (Å²) in [6, 6.07) is 0. The number of hydrogen-bond acceptors (Lipinski definition) is 8. The maximum absolute atomic E-state index is 12.3. The van der Waals surface area contributed by atoms with Gasteiger partial charge in [-0.05, 0) is 25.7 Å². The molecule has 0 aromatic carbocycles. The van der Waals surface area contributed by atoms with E-state index < -0.39 is 31.1 Å². The first-order valence-corrected chi connectivity index (χ1v) is 13.9. The Bertz CT molecular complexity index is 647. The molecule has 208 valence electrons. The predicted octanol–water partition coefficient (Wildman–Crippen LogP) is 5.62. The highest BCUT2D eigenvalue weighted by Crippen LogP contribution is 2.34. The van der Waals surface area contributed by atoms with Gasteiger partial charge < -0.3 is 24.4 Å². The van der Waals surface area contributed by atoms with Crippen LogP contribution in [0.1, 0.15) is 110 Å². The number of rotatable bonds is 20. The average Bonchev–Trinajstić information content (AvgIpc) is 3.11. The van der Waals surface area contributed by atoms with Gasteiger partial charge in [0, 0.05) is 24.7 Å². The van der Waals surface area contributed by atoms with Gasteiger partial charge in [0.1, 0.15) is 5.78 Å². The highest BCUT2D eigenvalue weighted by atomic mass is 16.8. The Labute approximate surface area is 216 Å². The average molecular weight is 513 g/mol. The van der Waals surface area contributed by atoms with Crippen LogP contribution in [0.15, 0.2) is 12.2 Å². The molecule has 0 saturated heterocycles. The largest absolute Gasteiger partial charge is 0.511 e. The summed E-state index contributed by atoms with van der Waals surface area (Å²) in [5.74, 6) is -0.799. The van der Waals surface area contributed by atoms with Crippen LogP contribution in [-0.4, -0.2) is 53.7 Å². The summed E-state index contributed by atoms with van der Waals surface area (Å²) in [7, 11) is 0. The number of Topliss-reactive ketones (excluding diaryl/α,β-unsaturated/α-hetero) is 1. The Kier molecular flexibility index (Phi) is 18.0. The highest BCUT2D eigenvalue weighted by molar-refractivity contribution is 5.84. The molecule has 1 saturated carbocycles. The topological polar surface area (TPSA) is 119 Å². The molecule has 1 aliphatic rings. The lowest BCUT2D eigenvalue weighted by Crippen LogP contribution is -2.19. The van der Waals surface area contributed by atoms with E-state index in [0.717, 1.165) is 64.2 Å². The van der Waals surface area contributed by atoms with Gasteiger partial charge in [-0.1, -0.05) is 83.8 Å². The van der Waals surface area contributed by atoms with Crippen LogP contribution in [0.3, 0.4) is 0 Å². The molecule has 8 heteroatoms. The molecule has 0 bridgehead atoms. The van der Waals surface area contributed by atoms with Crippen LogP contribution in [0.25, 0.3) is 0 Å². The normalized spacial score (nSPS) is 20.6. The van der Waals surface area contributed by atoms with Crippen LogP contribution < -0.4 is 0 Å². The molecule has 1 rings (SSSR count). The van der Waals surface area contributed by atoms with Crippen molar-refractivity contribution in [3.8, 4) is 0 Å². The van der Waals surface area contributed by atoms with Crippen molar-refractivity contribution in [2.75, 3.05) is 13.4 Å². The van der Waals surface area contributed by atoms with Crippen molar-refractivity contribution < 1.29 is 38.8 Å². The van der Waals surface area contributed by atoms with E-state index in [-0.39, 0.29) is 30.5 Å². The molecule has 36 heavy (non-hydrogen) atoms. The van der Waals surface area contributed by atoms with E-state index in [4.69, 9.17) is 14.2 Å². The number of carbonyl (C=O) groups excluding carboxylic acids is 3. The SMILES string of the molecule is CCCCCCOC(=O)OCOC(=O)CCCCCC[C@H]1C(=O)C[C@@H](O)[C@@H]1/C=C/[C@@H](O)CCCCC. The van der Waals surface area contributed by atoms with E-state index in [1.807, 2.05) is 6.08 Å². The molecule has 0 aromatic rings. The number of aliphatic hydroxyl groups excluding tert-OH is 2. The highest BCUT2D eigenvalue weighted by Gasteiger charge is 2.39. The molecule has 1 fully saturated rings. The lowest BCUT2D eigenvalue weighted by molar-refractivity contribution is -0.153. The maximum Gasteiger partial charge on any atom is 0.511 e. The fraction of sp³-hybridized carbons (Fsp3) is 0.821. The molecule has 2 N–H and O–H groups in total. The zero-order valence-corrected chi connectivity index (χ0v) is 22.3. The third-order valence-corrected chi connectivity index (χ3v) is 6.65. The first-order valence-electron chi connectivity index (χ1n) is 13.9.